The Balaban J connectivity index is 4.06. The van der Waals surface area contributed by atoms with Crippen molar-refractivity contribution in [2.75, 3.05) is 41.2 Å². The lowest BCUT2D eigenvalue weighted by Crippen LogP contribution is -2.39. The molecule has 4 nitrogen and oxygen atoms in total. The van der Waals surface area contributed by atoms with Crippen molar-refractivity contribution < 1.29 is 18.9 Å². The summed E-state index contributed by atoms with van der Waals surface area (Å²) in [5.41, 5.74) is 0. The van der Waals surface area contributed by atoms with Crippen LogP contribution in [-0.4, -0.2) is 46.9 Å². The molecule has 0 aliphatic carbocycles. The van der Waals surface area contributed by atoms with Crippen molar-refractivity contribution in [3.63, 3.8) is 0 Å². The summed E-state index contributed by atoms with van der Waals surface area (Å²) in [5, 5.41) is 0. The molecule has 0 heterocycles. The van der Waals surface area contributed by atoms with Gasteiger partial charge in [0.25, 0.3) is 0 Å². The van der Waals surface area contributed by atoms with E-state index in [2.05, 4.69) is 13.8 Å². The molecular weight excluding hydrogens is 304 g/mol. The Bertz CT molecular complexity index is 254. The molecule has 24 heavy (non-hydrogen) atoms. The molecule has 0 spiro atoms. The lowest BCUT2D eigenvalue weighted by atomic mass is 9.88. The molecular formula is C20H42O4. The minimum Gasteiger partial charge on any atom is -0.385 e. The molecule has 0 radical (unpaired) electrons. The highest BCUT2D eigenvalue weighted by atomic mass is 16.7. The highest BCUT2D eigenvalue weighted by Gasteiger charge is 2.33. The van der Waals surface area contributed by atoms with Crippen LogP contribution in [0.25, 0.3) is 0 Å². The van der Waals surface area contributed by atoms with E-state index in [0.29, 0.717) is 5.92 Å². The van der Waals surface area contributed by atoms with Crippen LogP contribution in [0.4, 0.5) is 0 Å². The zero-order valence-electron chi connectivity index (χ0n) is 16.9. The molecule has 0 aromatic carbocycles. The fraction of sp³-hybridized carbons (Fsp3) is 1.00. The maximum absolute atomic E-state index is 5.68. The van der Waals surface area contributed by atoms with Crippen molar-refractivity contribution in [3.8, 4) is 0 Å². The van der Waals surface area contributed by atoms with Gasteiger partial charge in [0, 0.05) is 47.1 Å². The van der Waals surface area contributed by atoms with Gasteiger partial charge < -0.3 is 18.9 Å². The van der Waals surface area contributed by atoms with Crippen molar-refractivity contribution >= 4 is 0 Å². The summed E-state index contributed by atoms with van der Waals surface area (Å²) in [6.07, 6.45) is 12.2. The van der Waals surface area contributed by atoms with Crippen LogP contribution in [0.15, 0.2) is 0 Å². The third-order valence-electron chi connectivity index (χ3n) is 4.94. The predicted octanol–water partition coefficient (Wildman–Crippen LogP) is 5.20. The van der Waals surface area contributed by atoms with E-state index in [1.54, 1.807) is 21.3 Å². The second-order valence-electron chi connectivity index (χ2n) is 6.78. The van der Waals surface area contributed by atoms with Crippen LogP contribution in [0.1, 0.15) is 78.1 Å². The topological polar surface area (TPSA) is 36.9 Å². The van der Waals surface area contributed by atoms with E-state index in [4.69, 9.17) is 18.9 Å². The van der Waals surface area contributed by atoms with Gasteiger partial charge >= 0.3 is 0 Å². The van der Waals surface area contributed by atoms with E-state index in [1.807, 2.05) is 0 Å². The Labute approximate surface area is 150 Å². The normalized spacial score (nSPS) is 13.4. The SMILES string of the molecule is CCCCCCCCC(CCCOCCCOC)C(C)(OC)OC. The molecule has 0 saturated heterocycles. The van der Waals surface area contributed by atoms with Gasteiger partial charge in [0.05, 0.1) is 0 Å². The van der Waals surface area contributed by atoms with Crippen LogP contribution in [0.5, 0.6) is 0 Å². The molecule has 0 N–H and O–H groups in total. The van der Waals surface area contributed by atoms with Gasteiger partial charge in [-0.1, -0.05) is 45.4 Å². The molecule has 0 saturated carbocycles. The number of rotatable bonds is 18. The quantitative estimate of drug-likeness (QED) is 0.253. The van der Waals surface area contributed by atoms with Crippen molar-refractivity contribution in [2.45, 2.75) is 83.8 Å². The average molecular weight is 347 g/mol. The van der Waals surface area contributed by atoms with E-state index < -0.39 is 5.79 Å². The van der Waals surface area contributed by atoms with Crippen molar-refractivity contribution in [1.29, 1.82) is 0 Å². The first-order valence-electron chi connectivity index (χ1n) is 9.81. The van der Waals surface area contributed by atoms with Crippen LogP contribution in [0.2, 0.25) is 0 Å². The van der Waals surface area contributed by atoms with Gasteiger partial charge in [0.1, 0.15) is 0 Å². The lowest BCUT2D eigenvalue weighted by Gasteiger charge is -2.35. The van der Waals surface area contributed by atoms with Gasteiger partial charge in [-0.3, -0.25) is 0 Å². The number of ether oxygens (including phenoxy) is 4. The Morgan fingerprint density at radius 3 is 1.92 bits per heavy atom. The fourth-order valence-electron chi connectivity index (χ4n) is 3.10. The molecule has 0 bridgehead atoms. The van der Waals surface area contributed by atoms with Gasteiger partial charge in [-0.25, -0.2) is 0 Å². The molecule has 0 aromatic heterocycles. The maximum Gasteiger partial charge on any atom is 0.167 e. The maximum atomic E-state index is 5.68. The summed E-state index contributed by atoms with van der Waals surface area (Å²) in [4.78, 5) is 0. The first kappa shape index (κ1) is 23.8. The standard InChI is InChI=1S/C20H42O4/c1-6-7-8-9-10-11-14-19(20(2,22-4)23-5)15-12-17-24-18-13-16-21-3/h19H,6-18H2,1-5H3. The van der Waals surface area contributed by atoms with Crippen molar-refractivity contribution in [3.05, 3.63) is 0 Å². The molecule has 0 amide bonds. The van der Waals surface area contributed by atoms with Crippen molar-refractivity contribution in [2.24, 2.45) is 5.92 Å². The van der Waals surface area contributed by atoms with Crippen LogP contribution in [0.3, 0.4) is 0 Å². The molecule has 0 rings (SSSR count). The predicted molar refractivity (Wildman–Crippen MR) is 100 cm³/mol. The summed E-state index contributed by atoms with van der Waals surface area (Å²) in [6.45, 7) is 6.68. The summed E-state index contributed by atoms with van der Waals surface area (Å²) < 4.78 is 22.1. The van der Waals surface area contributed by atoms with Crippen LogP contribution < -0.4 is 0 Å². The molecule has 146 valence electrons. The van der Waals surface area contributed by atoms with Crippen LogP contribution in [0, 0.1) is 5.92 Å². The highest BCUT2D eigenvalue weighted by molar-refractivity contribution is 4.75. The van der Waals surface area contributed by atoms with E-state index in [-0.39, 0.29) is 0 Å². The van der Waals surface area contributed by atoms with E-state index >= 15 is 0 Å². The highest BCUT2D eigenvalue weighted by Crippen LogP contribution is 2.31. The molecule has 0 aliphatic heterocycles. The zero-order valence-corrected chi connectivity index (χ0v) is 16.9. The summed E-state index contributed by atoms with van der Waals surface area (Å²) in [6, 6.07) is 0. The van der Waals surface area contributed by atoms with E-state index in [1.165, 1.54) is 38.5 Å². The summed E-state index contributed by atoms with van der Waals surface area (Å²) in [5.74, 6) is -0.0688. The number of hydrogen-bond acceptors (Lipinski definition) is 4. The first-order valence-corrected chi connectivity index (χ1v) is 9.81. The van der Waals surface area contributed by atoms with Gasteiger partial charge in [-0.05, 0) is 32.6 Å². The molecule has 1 atom stereocenters. The number of unbranched alkanes of at least 4 members (excludes halogenated alkanes) is 5. The zero-order chi connectivity index (χ0) is 18.1. The largest absolute Gasteiger partial charge is 0.385 e. The second-order valence-corrected chi connectivity index (χ2v) is 6.78. The van der Waals surface area contributed by atoms with E-state index in [9.17, 15) is 0 Å². The summed E-state index contributed by atoms with van der Waals surface area (Å²) in [7, 11) is 5.22. The third kappa shape index (κ3) is 11.4. The van der Waals surface area contributed by atoms with Crippen LogP contribution >= 0.6 is 0 Å². The first-order chi connectivity index (χ1) is 11.6. The summed E-state index contributed by atoms with van der Waals surface area (Å²) >= 11 is 0. The van der Waals surface area contributed by atoms with Crippen molar-refractivity contribution in [1.82, 2.24) is 0 Å². The monoisotopic (exact) mass is 346 g/mol. The minimum atomic E-state index is -0.487. The smallest absolute Gasteiger partial charge is 0.167 e. The van der Waals surface area contributed by atoms with Gasteiger partial charge in [-0.15, -0.1) is 0 Å². The fourth-order valence-corrected chi connectivity index (χ4v) is 3.10. The second kappa shape index (κ2) is 16.3. The average Bonchev–Trinajstić information content (AvgIpc) is 2.61. The van der Waals surface area contributed by atoms with Gasteiger partial charge in [0.2, 0.25) is 0 Å². The lowest BCUT2D eigenvalue weighted by molar-refractivity contribution is -0.230. The number of hydrogen-bond donors (Lipinski definition) is 0. The Morgan fingerprint density at radius 2 is 1.29 bits per heavy atom. The molecule has 0 aliphatic rings. The molecule has 0 fully saturated rings. The Morgan fingerprint density at radius 1 is 0.708 bits per heavy atom. The molecule has 4 heteroatoms. The minimum absolute atomic E-state index is 0.418. The molecule has 1 unspecified atom stereocenters. The van der Waals surface area contributed by atoms with E-state index in [0.717, 1.165) is 45.5 Å². The molecule has 0 aromatic rings. The van der Waals surface area contributed by atoms with Gasteiger partial charge in [-0.2, -0.15) is 0 Å². The Kier molecular flexibility index (Phi) is 16.2. The number of methoxy groups -OCH3 is 3. The van der Waals surface area contributed by atoms with Gasteiger partial charge in [0.15, 0.2) is 5.79 Å². The Hall–Kier alpha value is -0.160. The van der Waals surface area contributed by atoms with Crippen LogP contribution in [-0.2, 0) is 18.9 Å². The third-order valence-corrected chi connectivity index (χ3v) is 4.94.